The van der Waals surface area contributed by atoms with Crippen molar-refractivity contribution < 1.29 is 31.1 Å². The minimum Gasteiger partial charge on any atom is -0.365 e. The first-order valence-electron chi connectivity index (χ1n) is 9.04. The minimum absolute atomic E-state index is 0.0315. The van der Waals surface area contributed by atoms with Gasteiger partial charge >= 0.3 is 12.4 Å². The van der Waals surface area contributed by atoms with E-state index in [4.69, 9.17) is 5.73 Å². The Balaban J connectivity index is 2.11. The third-order valence-corrected chi connectivity index (χ3v) is 4.74. The number of nitrogens with two attached hydrogens (primary N) is 1. The Bertz CT molecular complexity index is 1450. The smallest absolute Gasteiger partial charge is 0.365 e. The van der Waals surface area contributed by atoms with Gasteiger partial charge in [0.1, 0.15) is 11.4 Å². The molecule has 0 aliphatic heterocycles. The van der Waals surface area contributed by atoms with Crippen molar-refractivity contribution in [3.8, 4) is 16.9 Å². The molecule has 13 heteroatoms. The van der Waals surface area contributed by atoms with Crippen LogP contribution in [-0.2, 0) is 12.4 Å². The third kappa shape index (κ3) is 3.81. The number of carbonyl (C=O) groups is 1. The van der Waals surface area contributed by atoms with E-state index in [0.29, 0.717) is 10.7 Å². The number of alkyl halides is 6. The zero-order chi connectivity index (χ0) is 24.1. The Morgan fingerprint density at radius 1 is 1.00 bits per heavy atom. The number of aromatic nitrogens is 4. The molecule has 0 fully saturated rings. The van der Waals surface area contributed by atoms with Gasteiger partial charge in [-0.05, 0) is 30.3 Å². The van der Waals surface area contributed by atoms with Crippen LogP contribution in [0, 0.1) is 0 Å². The van der Waals surface area contributed by atoms with Crippen LogP contribution in [0.25, 0.3) is 27.7 Å². The van der Waals surface area contributed by atoms with Crippen molar-refractivity contribution in [3.63, 3.8) is 0 Å². The van der Waals surface area contributed by atoms with Gasteiger partial charge in [0, 0.05) is 28.7 Å². The number of hydrogen-bond donors (Lipinski definition) is 2. The van der Waals surface area contributed by atoms with E-state index in [-0.39, 0.29) is 16.5 Å². The quantitative estimate of drug-likeness (QED) is 0.446. The Morgan fingerprint density at radius 2 is 1.73 bits per heavy atom. The van der Waals surface area contributed by atoms with Crippen LogP contribution in [0.1, 0.15) is 21.7 Å². The number of hydrogen-bond acceptors (Lipinski definition) is 4. The van der Waals surface area contributed by atoms with Crippen LogP contribution in [0.15, 0.2) is 53.6 Å². The first-order valence-corrected chi connectivity index (χ1v) is 9.04. The Hall–Kier alpha value is -4.16. The number of benzene rings is 1. The average Bonchev–Trinajstić information content (AvgIpc) is 3.15. The van der Waals surface area contributed by atoms with Gasteiger partial charge in [-0.3, -0.25) is 14.6 Å². The van der Waals surface area contributed by atoms with Crippen LogP contribution in [-0.4, -0.2) is 25.7 Å². The number of aromatic amines is 1. The fourth-order valence-electron chi connectivity index (χ4n) is 3.41. The standard InChI is InChI=1S/C20H11F6N5O2/c21-19(22,23)13-8-9(4-6-28-13)15-14(17(27)32)16(20(24,25)26)31(30-15)12-3-1-2-11-10(12)5-7-29-18(11)33/h1-8H,(H2,27,32)(H,29,33). The van der Waals surface area contributed by atoms with E-state index in [9.17, 15) is 35.9 Å². The lowest BCUT2D eigenvalue weighted by atomic mass is 10.0. The van der Waals surface area contributed by atoms with Crippen molar-refractivity contribution >= 4 is 16.7 Å². The molecular formula is C20H11F6N5O2. The Morgan fingerprint density at radius 3 is 2.36 bits per heavy atom. The zero-order valence-electron chi connectivity index (χ0n) is 16.1. The highest BCUT2D eigenvalue weighted by Gasteiger charge is 2.43. The number of nitrogens with one attached hydrogen (secondary N) is 1. The summed E-state index contributed by atoms with van der Waals surface area (Å²) in [5.41, 5.74) is -0.882. The highest BCUT2D eigenvalue weighted by molar-refractivity contribution is 6.01. The van der Waals surface area contributed by atoms with E-state index in [0.717, 1.165) is 12.3 Å². The molecule has 3 aromatic heterocycles. The number of amides is 1. The average molecular weight is 467 g/mol. The van der Waals surface area contributed by atoms with Crippen molar-refractivity contribution in [1.29, 1.82) is 0 Å². The largest absolute Gasteiger partial charge is 0.434 e. The van der Waals surface area contributed by atoms with E-state index in [1.807, 2.05) is 0 Å². The van der Waals surface area contributed by atoms with Crippen molar-refractivity contribution in [2.24, 2.45) is 5.73 Å². The molecule has 0 aliphatic rings. The molecule has 7 nitrogen and oxygen atoms in total. The highest BCUT2D eigenvalue weighted by atomic mass is 19.4. The molecule has 170 valence electrons. The monoisotopic (exact) mass is 467 g/mol. The highest BCUT2D eigenvalue weighted by Crippen LogP contribution is 2.40. The van der Waals surface area contributed by atoms with Gasteiger partial charge in [0.05, 0.1) is 11.3 Å². The number of fused-ring (bicyclic) bond motifs is 1. The summed E-state index contributed by atoms with van der Waals surface area (Å²) >= 11 is 0. The summed E-state index contributed by atoms with van der Waals surface area (Å²) < 4.78 is 82.0. The fraction of sp³-hybridized carbons (Fsp3) is 0.100. The second kappa shape index (κ2) is 7.46. The SMILES string of the molecule is NC(=O)c1c(-c2ccnc(C(F)(F)F)c2)nn(-c2cccc3c(=O)[nH]ccc23)c1C(F)(F)F. The van der Waals surface area contributed by atoms with Crippen LogP contribution in [0.5, 0.6) is 0 Å². The number of nitrogens with zero attached hydrogens (tertiary/aromatic N) is 3. The van der Waals surface area contributed by atoms with Gasteiger partial charge in [-0.15, -0.1) is 0 Å². The van der Waals surface area contributed by atoms with Crippen LogP contribution in [0.3, 0.4) is 0 Å². The molecule has 4 rings (SSSR count). The lowest BCUT2D eigenvalue weighted by molar-refractivity contribution is -0.143. The second-order valence-electron chi connectivity index (χ2n) is 6.82. The summed E-state index contributed by atoms with van der Waals surface area (Å²) in [6.07, 6.45) is -8.14. The Kier molecular flexibility index (Phi) is 4.99. The van der Waals surface area contributed by atoms with Crippen LogP contribution >= 0.6 is 0 Å². The third-order valence-electron chi connectivity index (χ3n) is 4.74. The number of carbonyl (C=O) groups excluding carboxylic acids is 1. The first-order chi connectivity index (χ1) is 15.4. The number of pyridine rings is 2. The van der Waals surface area contributed by atoms with E-state index in [1.165, 1.54) is 30.5 Å². The molecule has 0 unspecified atom stereocenters. The maximum atomic E-state index is 14.1. The molecule has 0 radical (unpaired) electrons. The van der Waals surface area contributed by atoms with Gasteiger partial charge in [-0.2, -0.15) is 31.4 Å². The minimum atomic E-state index is -5.18. The van der Waals surface area contributed by atoms with Crippen LogP contribution < -0.4 is 11.3 Å². The molecule has 3 N–H and O–H groups in total. The number of primary amides is 1. The maximum absolute atomic E-state index is 14.1. The van der Waals surface area contributed by atoms with E-state index < -0.39 is 52.0 Å². The molecule has 4 aromatic rings. The Labute approximate surface area is 179 Å². The van der Waals surface area contributed by atoms with Crippen LogP contribution in [0.4, 0.5) is 26.3 Å². The van der Waals surface area contributed by atoms with Gasteiger partial charge in [0.15, 0.2) is 5.69 Å². The van der Waals surface area contributed by atoms with Gasteiger partial charge in [-0.25, -0.2) is 4.68 Å². The van der Waals surface area contributed by atoms with Gasteiger partial charge in [0.2, 0.25) is 0 Å². The predicted octanol–water partition coefficient (Wildman–Crippen LogP) is 3.91. The topological polar surface area (TPSA) is 107 Å². The molecule has 0 saturated carbocycles. The summed E-state index contributed by atoms with van der Waals surface area (Å²) in [4.78, 5) is 29.7. The zero-order valence-corrected chi connectivity index (χ0v) is 16.1. The van der Waals surface area contributed by atoms with Crippen molar-refractivity contribution in [2.45, 2.75) is 12.4 Å². The predicted molar refractivity (Wildman–Crippen MR) is 103 cm³/mol. The second-order valence-corrected chi connectivity index (χ2v) is 6.82. The summed E-state index contributed by atoms with van der Waals surface area (Å²) in [6.45, 7) is 0. The lowest BCUT2D eigenvalue weighted by Crippen LogP contribution is -2.21. The first kappa shape index (κ1) is 22.0. The van der Waals surface area contributed by atoms with Crippen molar-refractivity contribution in [3.05, 3.63) is 76.1 Å². The normalized spacial score (nSPS) is 12.3. The fourth-order valence-corrected chi connectivity index (χ4v) is 3.41. The van der Waals surface area contributed by atoms with Gasteiger partial charge < -0.3 is 10.7 Å². The number of H-pyrrole nitrogens is 1. The molecule has 1 aromatic carbocycles. The van der Waals surface area contributed by atoms with Gasteiger partial charge in [0.25, 0.3) is 11.5 Å². The van der Waals surface area contributed by atoms with Crippen molar-refractivity contribution in [2.75, 3.05) is 0 Å². The molecular weight excluding hydrogens is 456 g/mol. The molecule has 0 aliphatic carbocycles. The summed E-state index contributed by atoms with van der Waals surface area (Å²) in [5, 5.41) is 3.92. The molecule has 0 atom stereocenters. The molecule has 1 amide bonds. The molecule has 0 spiro atoms. The summed E-state index contributed by atoms with van der Waals surface area (Å²) in [7, 11) is 0. The molecule has 0 bridgehead atoms. The molecule has 33 heavy (non-hydrogen) atoms. The van der Waals surface area contributed by atoms with E-state index in [1.54, 1.807) is 0 Å². The number of rotatable bonds is 3. The number of halogens is 6. The summed E-state index contributed by atoms with van der Waals surface area (Å²) in [6, 6.07) is 6.64. The summed E-state index contributed by atoms with van der Waals surface area (Å²) in [5.74, 6) is -1.55. The van der Waals surface area contributed by atoms with Crippen LogP contribution in [0.2, 0.25) is 0 Å². The molecule has 3 heterocycles. The lowest BCUT2D eigenvalue weighted by Gasteiger charge is -2.13. The van der Waals surface area contributed by atoms with Gasteiger partial charge in [-0.1, -0.05) is 6.07 Å². The van der Waals surface area contributed by atoms with E-state index in [2.05, 4.69) is 15.1 Å². The molecule has 0 saturated heterocycles. The van der Waals surface area contributed by atoms with E-state index >= 15 is 0 Å². The van der Waals surface area contributed by atoms with Crippen molar-refractivity contribution in [1.82, 2.24) is 19.7 Å². The maximum Gasteiger partial charge on any atom is 0.434 e.